The number of pyridine rings is 1. The molecule has 0 unspecified atom stereocenters. The minimum Gasteiger partial charge on any atom is -0.493 e. The predicted molar refractivity (Wildman–Crippen MR) is 76.3 cm³/mol. The molecule has 0 saturated heterocycles. The van der Waals surface area contributed by atoms with Gasteiger partial charge in [-0.05, 0) is 38.8 Å². The molecule has 0 radical (unpaired) electrons. The molecule has 2 rings (SSSR count). The van der Waals surface area contributed by atoms with E-state index in [0.717, 1.165) is 11.3 Å². The standard InChI is InChI=1S/C15H20N2O3/c1-15(2,3)20-14(19)17-9-7-11(8-10-17)12-5-4-6-13(18)16-12/h4-7H,8-10H2,1-3H3,(H,16,18). The van der Waals surface area contributed by atoms with E-state index < -0.39 is 5.60 Å². The molecule has 1 N–H and O–H groups in total. The maximum atomic E-state index is 11.9. The topological polar surface area (TPSA) is 62.7 Å². The third kappa shape index (κ3) is 3.73. The summed E-state index contributed by atoms with van der Waals surface area (Å²) in [5, 5.41) is 9.39. The van der Waals surface area contributed by atoms with Crippen LogP contribution in [0.2, 0.25) is 0 Å². The van der Waals surface area contributed by atoms with Crippen LogP contribution in [-0.2, 0) is 4.74 Å². The van der Waals surface area contributed by atoms with E-state index >= 15 is 0 Å². The summed E-state index contributed by atoms with van der Waals surface area (Å²) in [7, 11) is 0. The van der Waals surface area contributed by atoms with Gasteiger partial charge in [0, 0.05) is 19.2 Å². The van der Waals surface area contributed by atoms with E-state index in [4.69, 9.17) is 4.74 Å². The molecule has 1 aromatic rings. The number of rotatable bonds is 1. The summed E-state index contributed by atoms with van der Waals surface area (Å²) in [5.74, 6) is 0.0120. The third-order valence-electron chi connectivity index (χ3n) is 2.92. The Bertz CT molecular complexity index is 532. The zero-order valence-electron chi connectivity index (χ0n) is 12.1. The summed E-state index contributed by atoms with van der Waals surface area (Å²) < 4.78 is 5.34. The van der Waals surface area contributed by atoms with Crippen molar-refractivity contribution in [3.63, 3.8) is 0 Å². The first-order chi connectivity index (χ1) is 9.35. The van der Waals surface area contributed by atoms with Crippen LogP contribution < -0.4 is 0 Å². The van der Waals surface area contributed by atoms with Gasteiger partial charge in [-0.2, -0.15) is 0 Å². The molecule has 0 aromatic carbocycles. The molecule has 1 amide bonds. The fourth-order valence-electron chi connectivity index (χ4n) is 2.00. The van der Waals surface area contributed by atoms with Gasteiger partial charge in [0.15, 0.2) is 0 Å². The van der Waals surface area contributed by atoms with Crippen LogP contribution in [0.15, 0.2) is 24.3 Å². The Balaban J connectivity index is 2.02. The number of hydrogen-bond acceptors (Lipinski definition) is 4. The molecule has 0 atom stereocenters. The van der Waals surface area contributed by atoms with Crippen LogP contribution in [0.1, 0.15) is 32.9 Å². The molecule has 0 bridgehead atoms. The average molecular weight is 276 g/mol. The van der Waals surface area contributed by atoms with Crippen molar-refractivity contribution >= 4 is 11.7 Å². The van der Waals surface area contributed by atoms with E-state index in [2.05, 4.69) is 4.98 Å². The Morgan fingerprint density at radius 2 is 2.15 bits per heavy atom. The monoisotopic (exact) mass is 276 g/mol. The Morgan fingerprint density at radius 1 is 1.40 bits per heavy atom. The molecule has 5 heteroatoms. The van der Waals surface area contributed by atoms with E-state index in [1.165, 1.54) is 0 Å². The second kappa shape index (κ2) is 5.53. The predicted octanol–water partition coefficient (Wildman–Crippen LogP) is 2.81. The van der Waals surface area contributed by atoms with Gasteiger partial charge in [-0.1, -0.05) is 12.1 Å². The normalized spacial score (nSPS) is 15.8. The van der Waals surface area contributed by atoms with Gasteiger partial charge >= 0.3 is 6.09 Å². The van der Waals surface area contributed by atoms with Gasteiger partial charge in [-0.3, -0.25) is 0 Å². The zero-order valence-corrected chi connectivity index (χ0v) is 12.1. The van der Waals surface area contributed by atoms with Gasteiger partial charge in [0.1, 0.15) is 5.60 Å². The highest BCUT2D eigenvalue weighted by Crippen LogP contribution is 2.23. The highest BCUT2D eigenvalue weighted by molar-refractivity contribution is 5.71. The third-order valence-corrected chi connectivity index (χ3v) is 2.92. The summed E-state index contributed by atoms with van der Waals surface area (Å²) >= 11 is 0. The minimum absolute atomic E-state index is 0.0120. The lowest BCUT2D eigenvalue weighted by atomic mass is 10.0. The van der Waals surface area contributed by atoms with Gasteiger partial charge in [0.05, 0.1) is 5.69 Å². The summed E-state index contributed by atoms with van der Waals surface area (Å²) in [4.78, 5) is 17.7. The number of nitrogens with zero attached hydrogens (tertiary/aromatic N) is 2. The SMILES string of the molecule is CC(C)(C)OC(=O)N1CC=C(c2cccc(O)n2)CC1. The van der Waals surface area contributed by atoms with Crippen LogP contribution in [0.5, 0.6) is 5.88 Å². The highest BCUT2D eigenvalue weighted by Gasteiger charge is 2.24. The molecular formula is C15H20N2O3. The fraction of sp³-hybridized carbons (Fsp3) is 0.467. The molecule has 0 fully saturated rings. The van der Waals surface area contributed by atoms with E-state index in [1.807, 2.05) is 32.9 Å². The van der Waals surface area contributed by atoms with Crippen molar-refractivity contribution in [2.45, 2.75) is 32.8 Å². The second-order valence-corrected chi connectivity index (χ2v) is 5.79. The summed E-state index contributed by atoms with van der Waals surface area (Å²) in [6.07, 6.45) is 2.36. The number of aromatic hydroxyl groups is 1. The van der Waals surface area contributed by atoms with E-state index in [9.17, 15) is 9.90 Å². The quantitative estimate of drug-likeness (QED) is 0.856. The molecule has 2 heterocycles. The molecular weight excluding hydrogens is 256 g/mol. The van der Waals surface area contributed by atoms with Crippen molar-refractivity contribution in [1.82, 2.24) is 9.88 Å². The maximum Gasteiger partial charge on any atom is 0.410 e. The van der Waals surface area contributed by atoms with Gasteiger partial charge < -0.3 is 14.7 Å². The lowest BCUT2D eigenvalue weighted by molar-refractivity contribution is 0.0270. The Labute approximate surface area is 118 Å². The van der Waals surface area contributed by atoms with Gasteiger partial charge in [-0.25, -0.2) is 9.78 Å². The van der Waals surface area contributed by atoms with E-state index in [-0.39, 0.29) is 12.0 Å². The lowest BCUT2D eigenvalue weighted by Crippen LogP contribution is -2.39. The molecule has 0 aliphatic carbocycles. The van der Waals surface area contributed by atoms with Crippen LogP contribution in [0.3, 0.4) is 0 Å². The maximum absolute atomic E-state index is 11.9. The number of carbonyl (C=O) groups excluding carboxylic acids is 1. The Morgan fingerprint density at radius 3 is 2.70 bits per heavy atom. The van der Waals surface area contributed by atoms with Gasteiger partial charge in [-0.15, -0.1) is 0 Å². The molecule has 108 valence electrons. The molecule has 1 aromatic heterocycles. The summed E-state index contributed by atoms with van der Waals surface area (Å²) in [6.45, 7) is 6.66. The first-order valence-corrected chi connectivity index (χ1v) is 6.68. The van der Waals surface area contributed by atoms with Crippen LogP contribution >= 0.6 is 0 Å². The van der Waals surface area contributed by atoms with Crippen LogP contribution in [0.4, 0.5) is 4.79 Å². The Hall–Kier alpha value is -2.04. The van der Waals surface area contributed by atoms with Crippen molar-refractivity contribution in [2.75, 3.05) is 13.1 Å². The summed E-state index contributed by atoms with van der Waals surface area (Å²) in [6, 6.07) is 5.16. The molecule has 5 nitrogen and oxygen atoms in total. The number of carbonyl (C=O) groups is 1. The van der Waals surface area contributed by atoms with Crippen molar-refractivity contribution in [1.29, 1.82) is 0 Å². The number of hydrogen-bond donors (Lipinski definition) is 1. The zero-order chi connectivity index (χ0) is 14.8. The second-order valence-electron chi connectivity index (χ2n) is 5.79. The molecule has 1 aliphatic heterocycles. The first-order valence-electron chi connectivity index (χ1n) is 6.68. The average Bonchev–Trinajstić information content (AvgIpc) is 2.37. The van der Waals surface area contributed by atoms with Crippen LogP contribution in [-0.4, -0.2) is 39.8 Å². The van der Waals surface area contributed by atoms with E-state index in [1.54, 1.807) is 17.0 Å². The number of aromatic nitrogens is 1. The van der Waals surface area contributed by atoms with Gasteiger partial charge in [0.25, 0.3) is 0 Å². The van der Waals surface area contributed by atoms with Crippen molar-refractivity contribution < 1.29 is 14.6 Å². The van der Waals surface area contributed by atoms with Crippen LogP contribution in [0.25, 0.3) is 5.57 Å². The molecule has 20 heavy (non-hydrogen) atoms. The van der Waals surface area contributed by atoms with Crippen molar-refractivity contribution in [2.24, 2.45) is 0 Å². The first kappa shape index (κ1) is 14.4. The molecule has 1 aliphatic rings. The fourth-order valence-corrected chi connectivity index (χ4v) is 2.00. The minimum atomic E-state index is -0.478. The van der Waals surface area contributed by atoms with Crippen molar-refractivity contribution in [3.05, 3.63) is 30.0 Å². The summed E-state index contributed by atoms with van der Waals surface area (Å²) in [5.41, 5.74) is 1.32. The number of ether oxygens (including phenoxy) is 1. The van der Waals surface area contributed by atoms with Gasteiger partial charge in [0.2, 0.25) is 5.88 Å². The lowest BCUT2D eigenvalue weighted by Gasteiger charge is -2.29. The van der Waals surface area contributed by atoms with Crippen LogP contribution in [0, 0.1) is 0 Å². The number of amides is 1. The Kier molecular flexibility index (Phi) is 3.97. The molecule has 0 saturated carbocycles. The van der Waals surface area contributed by atoms with Crippen molar-refractivity contribution in [3.8, 4) is 5.88 Å². The molecule has 0 spiro atoms. The largest absolute Gasteiger partial charge is 0.493 e. The highest BCUT2D eigenvalue weighted by atomic mass is 16.6. The van der Waals surface area contributed by atoms with E-state index in [0.29, 0.717) is 19.5 Å². The smallest absolute Gasteiger partial charge is 0.410 e.